The van der Waals surface area contributed by atoms with E-state index < -0.39 is 0 Å². The van der Waals surface area contributed by atoms with Crippen molar-refractivity contribution in [2.24, 2.45) is 5.73 Å². The van der Waals surface area contributed by atoms with Crippen LogP contribution in [0.25, 0.3) is 0 Å². The summed E-state index contributed by atoms with van der Waals surface area (Å²) in [4.78, 5) is 11.5. The van der Waals surface area contributed by atoms with E-state index in [1.807, 2.05) is 60.7 Å². The van der Waals surface area contributed by atoms with Crippen LogP contribution >= 0.6 is 0 Å². The van der Waals surface area contributed by atoms with Crippen molar-refractivity contribution in [1.29, 1.82) is 0 Å². The Balaban J connectivity index is 2.32. The number of hydrazine groups is 1. The minimum atomic E-state index is -0.234. The van der Waals surface area contributed by atoms with Gasteiger partial charge in [-0.3, -0.25) is 15.2 Å². The summed E-state index contributed by atoms with van der Waals surface area (Å²) in [6, 6.07) is 19.2. The Morgan fingerprint density at radius 1 is 0.944 bits per heavy atom. The number of anilines is 2. The maximum atomic E-state index is 11.5. The maximum Gasteiger partial charge on any atom is 0.252 e. The van der Waals surface area contributed by atoms with Crippen LogP contribution < -0.4 is 16.2 Å². The summed E-state index contributed by atoms with van der Waals surface area (Å²) in [5.41, 5.74) is 9.87. The molecule has 0 spiro atoms. The minimum Gasteiger partial charge on any atom is -0.322 e. The molecule has 0 saturated heterocycles. The smallest absolute Gasteiger partial charge is 0.252 e. The standard InChI is InChI=1S/C14H15N3O/c15-11-14(18)16-17(12-7-3-1-4-8-12)13-9-5-2-6-10-13/h1-10H,11,15H2,(H,16,18). The fraction of sp³-hybridized carbons (Fsp3) is 0.0714. The van der Waals surface area contributed by atoms with E-state index in [1.54, 1.807) is 5.01 Å². The predicted octanol–water partition coefficient (Wildman–Crippen LogP) is 1.81. The number of para-hydroxylation sites is 2. The second-order valence-electron chi connectivity index (χ2n) is 3.75. The first-order chi connectivity index (χ1) is 8.81. The van der Waals surface area contributed by atoms with Gasteiger partial charge in [0.2, 0.25) is 0 Å². The molecule has 2 rings (SSSR count). The summed E-state index contributed by atoms with van der Waals surface area (Å²) in [5, 5.41) is 1.72. The fourth-order valence-corrected chi connectivity index (χ4v) is 1.60. The molecule has 0 bridgehead atoms. The molecule has 0 saturated carbocycles. The average molecular weight is 241 g/mol. The summed E-state index contributed by atoms with van der Waals surface area (Å²) in [5.74, 6) is -0.234. The third-order valence-corrected chi connectivity index (χ3v) is 2.45. The molecule has 0 aromatic heterocycles. The number of benzene rings is 2. The molecule has 0 fully saturated rings. The van der Waals surface area contributed by atoms with Gasteiger partial charge < -0.3 is 5.73 Å². The van der Waals surface area contributed by atoms with Gasteiger partial charge in [-0.1, -0.05) is 36.4 Å². The molecule has 0 heterocycles. The zero-order valence-corrected chi connectivity index (χ0v) is 9.91. The molecule has 0 aliphatic rings. The van der Waals surface area contributed by atoms with Crippen LogP contribution in [0.15, 0.2) is 60.7 Å². The van der Waals surface area contributed by atoms with Crippen LogP contribution in [-0.4, -0.2) is 12.5 Å². The third-order valence-electron chi connectivity index (χ3n) is 2.45. The van der Waals surface area contributed by atoms with E-state index in [0.29, 0.717) is 0 Å². The van der Waals surface area contributed by atoms with Crippen molar-refractivity contribution in [2.75, 3.05) is 11.6 Å². The molecule has 2 aromatic carbocycles. The third kappa shape index (κ3) is 2.87. The first-order valence-electron chi connectivity index (χ1n) is 5.71. The van der Waals surface area contributed by atoms with Crippen molar-refractivity contribution in [1.82, 2.24) is 5.43 Å². The van der Waals surface area contributed by atoms with Gasteiger partial charge in [-0.05, 0) is 24.3 Å². The molecular weight excluding hydrogens is 226 g/mol. The van der Waals surface area contributed by atoms with E-state index >= 15 is 0 Å². The number of amides is 1. The molecule has 2 aromatic rings. The normalized spacial score (nSPS) is 9.83. The van der Waals surface area contributed by atoms with Gasteiger partial charge in [-0.15, -0.1) is 0 Å². The molecule has 0 atom stereocenters. The van der Waals surface area contributed by atoms with Crippen LogP contribution in [0.5, 0.6) is 0 Å². The number of nitrogens with one attached hydrogen (secondary N) is 1. The fourth-order valence-electron chi connectivity index (χ4n) is 1.60. The van der Waals surface area contributed by atoms with E-state index in [1.165, 1.54) is 0 Å². The van der Waals surface area contributed by atoms with Gasteiger partial charge in [0, 0.05) is 0 Å². The Morgan fingerprint density at radius 2 is 1.39 bits per heavy atom. The van der Waals surface area contributed by atoms with Crippen LogP contribution in [0.4, 0.5) is 11.4 Å². The Kier molecular flexibility index (Phi) is 3.94. The number of nitrogens with zero attached hydrogens (tertiary/aromatic N) is 1. The van der Waals surface area contributed by atoms with Gasteiger partial charge in [0.15, 0.2) is 0 Å². The lowest BCUT2D eigenvalue weighted by atomic mass is 10.2. The highest BCUT2D eigenvalue weighted by Gasteiger charge is 2.10. The van der Waals surface area contributed by atoms with E-state index in [0.717, 1.165) is 11.4 Å². The Bertz CT molecular complexity index is 459. The molecule has 3 N–H and O–H groups in total. The first-order valence-corrected chi connectivity index (χ1v) is 5.71. The van der Waals surface area contributed by atoms with Crippen molar-refractivity contribution in [3.63, 3.8) is 0 Å². The SMILES string of the molecule is NCC(=O)NN(c1ccccc1)c1ccccc1. The Morgan fingerprint density at radius 3 is 1.78 bits per heavy atom. The predicted molar refractivity (Wildman–Crippen MR) is 72.2 cm³/mol. The molecule has 0 unspecified atom stereocenters. The zero-order chi connectivity index (χ0) is 12.8. The van der Waals surface area contributed by atoms with Crippen molar-refractivity contribution in [3.05, 3.63) is 60.7 Å². The Hall–Kier alpha value is -2.33. The second kappa shape index (κ2) is 5.84. The van der Waals surface area contributed by atoms with Crippen molar-refractivity contribution >= 4 is 17.3 Å². The molecule has 0 radical (unpaired) electrons. The summed E-state index contributed by atoms with van der Waals surface area (Å²) in [6.07, 6.45) is 0. The molecule has 4 heteroatoms. The summed E-state index contributed by atoms with van der Waals surface area (Å²) in [7, 11) is 0. The number of rotatable bonds is 4. The summed E-state index contributed by atoms with van der Waals surface area (Å²) >= 11 is 0. The number of hydrogen-bond donors (Lipinski definition) is 2. The monoisotopic (exact) mass is 241 g/mol. The van der Waals surface area contributed by atoms with Gasteiger partial charge in [-0.25, -0.2) is 0 Å². The highest BCUT2D eigenvalue weighted by molar-refractivity contribution is 5.82. The van der Waals surface area contributed by atoms with Gasteiger partial charge in [0.05, 0.1) is 17.9 Å². The van der Waals surface area contributed by atoms with Gasteiger partial charge in [0.25, 0.3) is 5.91 Å². The molecule has 18 heavy (non-hydrogen) atoms. The lowest BCUT2D eigenvalue weighted by Crippen LogP contribution is -2.42. The van der Waals surface area contributed by atoms with Crippen LogP contribution in [0.1, 0.15) is 0 Å². The molecular formula is C14H15N3O. The van der Waals surface area contributed by atoms with Gasteiger partial charge in [-0.2, -0.15) is 0 Å². The Labute approximate surface area is 106 Å². The molecule has 92 valence electrons. The van der Waals surface area contributed by atoms with Crippen LogP contribution in [-0.2, 0) is 4.79 Å². The van der Waals surface area contributed by atoms with E-state index in [4.69, 9.17) is 5.73 Å². The van der Waals surface area contributed by atoms with Crippen molar-refractivity contribution in [3.8, 4) is 0 Å². The number of nitrogens with two attached hydrogens (primary N) is 1. The van der Waals surface area contributed by atoms with Crippen LogP contribution in [0.3, 0.4) is 0 Å². The quantitative estimate of drug-likeness (QED) is 0.803. The number of hydrogen-bond acceptors (Lipinski definition) is 3. The molecule has 1 amide bonds. The van der Waals surface area contributed by atoms with E-state index in [-0.39, 0.29) is 12.5 Å². The van der Waals surface area contributed by atoms with Crippen LogP contribution in [0, 0.1) is 0 Å². The highest BCUT2D eigenvalue weighted by atomic mass is 16.2. The van der Waals surface area contributed by atoms with Gasteiger partial charge >= 0.3 is 0 Å². The molecule has 0 aliphatic heterocycles. The zero-order valence-electron chi connectivity index (χ0n) is 9.91. The maximum absolute atomic E-state index is 11.5. The minimum absolute atomic E-state index is 0.0455. The molecule has 4 nitrogen and oxygen atoms in total. The van der Waals surface area contributed by atoms with E-state index in [9.17, 15) is 4.79 Å². The lowest BCUT2D eigenvalue weighted by molar-refractivity contribution is -0.119. The molecule has 0 aliphatic carbocycles. The number of carbonyl (C=O) groups is 1. The largest absolute Gasteiger partial charge is 0.322 e. The van der Waals surface area contributed by atoms with Gasteiger partial charge in [0.1, 0.15) is 0 Å². The first kappa shape index (κ1) is 12.1. The van der Waals surface area contributed by atoms with Crippen molar-refractivity contribution in [2.45, 2.75) is 0 Å². The highest BCUT2D eigenvalue weighted by Crippen LogP contribution is 2.22. The second-order valence-corrected chi connectivity index (χ2v) is 3.75. The van der Waals surface area contributed by atoms with Crippen molar-refractivity contribution < 1.29 is 4.79 Å². The van der Waals surface area contributed by atoms with E-state index in [2.05, 4.69) is 5.43 Å². The number of carbonyl (C=O) groups excluding carboxylic acids is 1. The summed E-state index contributed by atoms with van der Waals surface area (Å²) < 4.78 is 0. The summed E-state index contributed by atoms with van der Waals surface area (Å²) in [6.45, 7) is -0.0455. The topological polar surface area (TPSA) is 58.4 Å². The average Bonchev–Trinajstić information content (AvgIpc) is 2.46. The lowest BCUT2D eigenvalue weighted by Gasteiger charge is -2.25. The van der Waals surface area contributed by atoms with Crippen LogP contribution in [0.2, 0.25) is 0 Å².